The van der Waals surface area contributed by atoms with Crippen molar-refractivity contribution < 1.29 is 0 Å². The first-order valence-corrected chi connectivity index (χ1v) is 3.28. The molecule has 0 saturated heterocycles. The fourth-order valence-electron chi connectivity index (χ4n) is 0.725. The molecule has 0 fully saturated rings. The van der Waals surface area contributed by atoms with Crippen molar-refractivity contribution in [2.24, 2.45) is 0 Å². The Morgan fingerprint density at radius 1 is 1.70 bits per heavy atom. The van der Waals surface area contributed by atoms with Crippen LogP contribution in [0.25, 0.3) is 0 Å². The highest BCUT2D eigenvalue weighted by Crippen LogP contribution is 1.98. The number of aromatic nitrogens is 1. The van der Waals surface area contributed by atoms with Gasteiger partial charge in [-0.2, -0.15) is 0 Å². The van der Waals surface area contributed by atoms with E-state index < -0.39 is 0 Å². The van der Waals surface area contributed by atoms with Crippen LogP contribution in [0.5, 0.6) is 0 Å². The molecule has 1 heterocycles. The number of nitrogens with zero attached hydrogens (tertiary/aromatic N) is 1. The molecular weight excluding hydrogens is 122 g/mol. The molecule has 0 saturated carbocycles. The first kappa shape index (κ1) is 7.00. The van der Waals surface area contributed by atoms with E-state index in [9.17, 15) is 0 Å². The van der Waals surface area contributed by atoms with Gasteiger partial charge in [0.25, 0.3) is 0 Å². The molecule has 0 spiro atoms. The standard InChI is InChI=1S/C9H10N/c1-3-4-9-6-5-8(2)10-7-9/h3,5-6H,1,4H2,2H3. The fourth-order valence-corrected chi connectivity index (χ4v) is 0.725. The van der Waals surface area contributed by atoms with Crippen LogP contribution in [0.2, 0.25) is 0 Å². The maximum atomic E-state index is 4.02. The Morgan fingerprint density at radius 2 is 2.50 bits per heavy atom. The Labute approximate surface area is 61.4 Å². The maximum Gasteiger partial charge on any atom is 0.0927 e. The lowest BCUT2D eigenvalue weighted by molar-refractivity contribution is 1.12. The molecule has 1 heteroatoms. The largest absolute Gasteiger partial charge is 0.251 e. The zero-order chi connectivity index (χ0) is 7.40. The van der Waals surface area contributed by atoms with Gasteiger partial charge in [0, 0.05) is 5.69 Å². The van der Waals surface area contributed by atoms with Crippen molar-refractivity contribution in [2.75, 3.05) is 0 Å². The molecule has 0 unspecified atom stereocenters. The molecule has 1 aromatic heterocycles. The minimum atomic E-state index is 0.854. The maximum absolute atomic E-state index is 4.02. The summed E-state index contributed by atoms with van der Waals surface area (Å²) in [5.41, 5.74) is 2.11. The third kappa shape index (κ3) is 1.69. The van der Waals surface area contributed by atoms with Gasteiger partial charge in [-0.1, -0.05) is 12.1 Å². The number of allylic oxidation sites excluding steroid dienone is 1. The van der Waals surface area contributed by atoms with Gasteiger partial charge in [-0.3, -0.25) is 4.98 Å². The average molecular weight is 132 g/mol. The molecule has 1 rings (SSSR count). The SMILES string of the molecule is C=CCc1[c]nc(C)cc1. The van der Waals surface area contributed by atoms with Crippen LogP contribution in [0.3, 0.4) is 0 Å². The van der Waals surface area contributed by atoms with E-state index in [1.54, 1.807) is 0 Å². The van der Waals surface area contributed by atoms with Gasteiger partial charge >= 0.3 is 0 Å². The number of pyridine rings is 1. The molecule has 1 aromatic rings. The van der Waals surface area contributed by atoms with E-state index in [-0.39, 0.29) is 0 Å². The van der Waals surface area contributed by atoms with Crippen LogP contribution in [0.4, 0.5) is 0 Å². The first-order chi connectivity index (χ1) is 4.83. The second-order valence-corrected chi connectivity index (χ2v) is 2.22. The van der Waals surface area contributed by atoms with Crippen LogP contribution in [0.1, 0.15) is 11.3 Å². The third-order valence-corrected chi connectivity index (χ3v) is 1.27. The Morgan fingerprint density at radius 3 is 3.00 bits per heavy atom. The zero-order valence-corrected chi connectivity index (χ0v) is 6.09. The molecule has 0 aliphatic rings. The summed E-state index contributed by atoms with van der Waals surface area (Å²) in [6.07, 6.45) is 5.62. The number of rotatable bonds is 2. The summed E-state index contributed by atoms with van der Waals surface area (Å²) >= 11 is 0. The van der Waals surface area contributed by atoms with Crippen LogP contribution < -0.4 is 0 Å². The van der Waals surface area contributed by atoms with Gasteiger partial charge < -0.3 is 0 Å². The Bertz CT molecular complexity index is 211. The fraction of sp³-hybridized carbons (Fsp3) is 0.222. The van der Waals surface area contributed by atoms with Gasteiger partial charge in [0.15, 0.2) is 0 Å². The van der Waals surface area contributed by atoms with Crippen molar-refractivity contribution in [3.63, 3.8) is 0 Å². The quantitative estimate of drug-likeness (QED) is 0.560. The first-order valence-electron chi connectivity index (χ1n) is 3.28. The van der Waals surface area contributed by atoms with Crippen LogP contribution in [0, 0.1) is 13.1 Å². The number of hydrogen-bond donors (Lipinski definition) is 0. The summed E-state index contributed by atoms with van der Waals surface area (Å²) in [6, 6.07) is 4.00. The van der Waals surface area contributed by atoms with E-state index in [2.05, 4.69) is 17.8 Å². The molecule has 1 radical (unpaired) electrons. The molecule has 0 amide bonds. The summed E-state index contributed by atoms with van der Waals surface area (Å²) in [4.78, 5) is 4.02. The Kier molecular flexibility index (Phi) is 2.21. The molecule has 0 N–H and O–H groups in total. The highest BCUT2D eigenvalue weighted by atomic mass is 14.6. The van der Waals surface area contributed by atoms with Crippen molar-refractivity contribution >= 4 is 0 Å². The van der Waals surface area contributed by atoms with Gasteiger partial charge in [0.1, 0.15) is 0 Å². The third-order valence-electron chi connectivity index (χ3n) is 1.27. The predicted molar refractivity (Wildman–Crippen MR) is 41.7 cm³/mol. The van der Waals surface area contributed by atoms with Crippen molar-refractivity contribution in [1.29, 1.82) is 0 Å². The monoisotopic (exact) mass is 132 g/mol. The molecule has 0 aliphatic heterocycles. The Hall–Kier alpha value is -1.11. The second kappa shape index (κ2) is 3.16. The van der Waals surface area contributed by atoms with Gasteiger partial charge in [0.05, 0.1) is 6.20 Å². The van der Waals surface area contributed by atoms with E-state index in [0.29, 0.717) is 0 Å². The summed E-state index contributed by atoms with van der Waals surface area (Å²) in [7, 11) is 0. The second-order valence-electron chi connectivity index (χ2n) is 2.22. The van der Waals surface area contributed by atoms with E-state index in [1.807, 2.05) is 25.1 Å². The lowest BCUT2D eigenvalue weighted by Gasteiger charge is -1.93. The van der Waals surface area contributed by atoms with E-state index in [0.717, 1.165) is 17.7 Å². The van der Waals surface area contributed by atoms with Gasteiger partial charge in [-0.25, -0.2) is 0 Å². The summed E-state index contributed by atoms with van der Waals surface area (Å²) in [5.74, 6) is 0. The molecule has 0 bridgehead atoms. The summed E-state index contributed by atoms with van der Waals surface area (Å²) < 4.78 is 0. The van der Waals surface area contributed by atoms with Crippen LogP contribution in [-0.4, -0.2) is 4.98 Å². The minimum absolute atomic E-state index is 0.854. The van der Waals surface area contributed by atoms with Gasteiger partial charge in [-0.15, -0.1) is 6.58 Å². The lowest BCUT2D eigenvalue weighted by Crippen LogP contribution is -1.85. The highest BCUT2D eigenvalue weighted by molar-refractivity contribution is 5.14. The predicted octanol–water partition coefficient (Wildman–Crippen LogP) is 1.92. The number of hydrogen-bond acceptors (Lipinski definition) is 1. The molecule has 0 aromatic carbocycles. The topological polar surface area (TPSA) is 12.9 Å². The Balaban J connectivity index is 2.78. The van der Waals surface area contributed by atoms with Crippen molar-refractivity contribution in [3.8, 4) is 0 Å². The van der Waals surface area contributed by atoms with Gasteiger partial charge in [-0.05, 0) is 25.0 Å². The van der Waals surface area contributed by atoms with E-state index in [1.165, 1.54) is 0 Å². The molecule has 10 heavy (non-hydrogen) atoms. The highest BCUT2D eigenvalue weighted by Gasteiger charge is 1.88. The zero-order valence-electron chi connectivity index (χ0n) is 6.09. The van der Waals surface area contributed by atoms with Crippen molar-refractivity contribution in [3.05, 3.63) is 42.2 Å². The van der Waals surface area contributed by atoms with E-state index in [4.69, 9.17) is 0 Å². The number of aryl methyl sites for hydroxylation is 1. The van der Waals surface area contributed by atoms with Crippen LogP contribution >= 0.6 is 0 Å². The minimum Gasteiger partial charge on any atom is -0.251 e. The average Bonchev–Trinajstić information content (AvgIpc) is 1.95. The molecular formula is C9H10N. The molecule has 0 aliphatic carbocycles. The lowest BCUT2D eigenvalue weighted by atomic mass is 10.2. The van der Waals surface area contributed by atoms with Crippen LogP contribution in [0.15, 0.2) is 24.8 Å². The van der Waals surface area contributed by atoms with Crippen molar-refractivity contribution in [2.45, 2.75) is 13.3 Å². The van der Waals surface area contributed by atoms with E-state index >= 15 is 0 Å². The molecule has 1 nitrogen and oxygen atoms in total. The molecule has 0 atom stereocenters. The van der Waals surface area contributed by atoms with Gasteiger partial charge in [0.2, 0.25) is 0 Å². The smallest absolute Gasteiger partial charge is 0.0927 e. The van der Waals surface area contributed by atoms with Crippen molar-refractivity contribution in [1.82, 2.24) is 4.98 Å². The molecule has 51 valence electrons. The summed E-state index contributed by atoms with van der Waals surface area (Å²) in [5, 5.41) is 0. The van der Waals surface area contributed by atoms with Crippen LogP contribution in [-0.2, 0) is 6.42 Å². The summed E-state index contributed by atoms with van der Waals surface area (Å²) in [6.45, 7) is 5.58. The normalized spacial score (nSPS) is 9.30.